The van der Waals surface area contributed by atoms with Gasteiger partial charge in [0, 0.05) is 19.2 Å². The van der Waals surface area contributed by atoms with Crippen LogP contribution in [0, 0.1) is 11.3 Å². The summed E-state index contributed by atoms with van der Waals surface area (Å²) in [7, 11) is 1.68. The zero-order valence-electron chi connectivity index (χ0n) is 15.2. The minimum Gasteiger partial charge on any atom is -0.378 e. The molecule has 0 bridgehead atoms. The zero-order chi connectivity index (χ0) is 17.2. The highest BCUT2D eigenvalue weighted by Crippen LogP contribution is 2.37. The van der Waals surface area contributed by atoms with Gasteiger partial charge in [0.05, 0.1) is 12.3 Å². The van der Waals surface area contributed by atoms with Gasteiger partial charge in [-0.1, -0.05) is 27.2 Å². The minimum atomic E-state index is 0.399. The third-order valence-electron chi connectivity index (χ3n) is 5.14. The Morgan fingerprint density at radius 2 is 2.08 bits per heavy atom. The Hall–Kier alpha value is -1.69. The topological polar surface area (TPSA) is 64.3 Å². The van der Waals surface area contributed by atoms with Gasteiger partial charge in [-0.15, -0.1) is 0 Å². The molecule has 1 aliphatic rings. The van der Waals surface area contributed by atoms with E-state index >= 15 is 0 Å². The minimum absolute atomic E-state index is 0.399. The molecule has 1 N–H and O–H groups in total. The van der Waals surface area contributed by atoms with E-state index in [0.29, 0.717) is 23.8 Å². The van der Waals surface area contributed by atoms with Gasteiger partial charge in [-0.05, 0) is 37.0 Å². The first kappa shape index (κ1) is 17.1. The zero-order valence-corrected chi connectivity index (χ0v) is 15.2. The van der Waals surface area contributed by atoms with Crippen LogP contribution >= 0.6 is 0 Å². The average molecular weight is 331 g/mol. The molecule has 2 heterocycles. The van der Waals surface area contributed by atoms with Crippen LogP contribution in [-0.2, 0) is 11.3 Å². The molecule has 0 amide bonds. The first-order valence-electron chi connectivity index (χ1n) is 8.92. The van der Waals surface area contributed by atoms with Crippen LogP contribution in [0.3, 0.4) is 0 Å². The van der Waals surface area contributed by atoms with Crippen LogP contribution in [0.2, 0.25) is 0 Å². The van der Waals surface area contributed by atoms with Crippen molar-refractivity contribution in [3.05, 3.63) is 18.1 Å². The largest absolute Gasteiger partial charge is 0.378 e. The second-order valence-corrected chi connectivity index (χ2v) is 7.95. The second-order valence-electron chi connectivity index (χ2n) is 7.95. The standard InChI is InChI=1S/C18H29N5O/c1-18(2,3)13-6-5-7-14(9-8-13)21-16-10-15(11-24-4)22-17-19-12-20-23(16)17/h10,12-14,21H,5-9,11H2,1-4H3. The summed E-state index contributed by atoms with van der Waals surface area (Å²) in [6.07, 6.45) is 7.82. The summed E-state index contributed by atoms with van der Waals surface area (Å²) in [5.41, 5.74) is 1.28. The van der Waals surface area contributed by atoms with Gasteiger partial charge in [0.2, 0.25) is 0 Å². The maximum absolute atomic E-state index is 5.22. The number of methoxy groups -OCH3 is 1. The van der Waals surface area contributed by atoms with Crippen LogP contribution in [0.25, 0.3) is 5.78 Å². The second kappa shape index (κ2) is 7.05. The number of aromatic nitrogens is 4. The summed E-state index contributed by atoms with van der Waals surface area (Å²) in [6, 6.07) is 2.50. The van der Waals surface area contributed by atoms with Crippen molar-refractivity contribution >= 4 is 11.6 Å². The monoisotopic (exact) mass is 331 g/mol. The Labute approximate surface area is 144 Å². The lowest BCUT2D eigenvalue weighted by Crippen LogP contribution is -2.23. The van der Waals surface area contributed by atoms with Gasteiger partial charge in [0.15, 0.2) is 0 Å². The number of ether oxygens (including phenoxy) is 1. The number of nitrogens with one attached hydrogen (secondary N) is 1. The maximum Gasteiger partial charge on any atom is 0.254 e. The third-order valence-corrected chi connectivity index (χ3v) is 5.14. The summed E-state index contributed by atoms with van der Waals surface area (Å²) in [5.74, 6) is 2.38. The van der Waals surface area contributed by atoms with Crippen LogP contribution in [-0.4, -0.2) is 32.7 Å². The van der Waals surface area contributed by atoms with E-state index in [1.165, 1.54) is 32.1 Å². The van der Waals surface area contributed by atoms with E-state index in [9.17, 15) is 0 Å². The van der Waals surface area contributed by atoms with Crippen LogP contribution in [0.15, 0.2) is 12.4 Å². The highest BCUT2D eigenvalue weighted by molar-refractivity contribution is 5.45. The molecule has 1 fully saturated rings. The predicted molar refractivity (Wildman–Crippen MR) is 94.9 cm³/mol. The highest BCUT2D eigenvalue weighted by Gasteiger charge is 2.28. The van der Waals surface area contributed by atoms with Crippen LogP contribution in [0.1, 0.15) is 58.6 Å². The van der Waals surface area contributed by atoms with E-state index in [4.69, 9.17) is 4.74 Å². The maximum atomic E-state index is 5.22. The van der Waals surface area contributed by atoms with Gasteiger partial charge in [0.1, 0.15) is 12.1 Å². The van der Waals surface area contributed by atoms with E-state index in [-0.39, 0.29) is 0 Å². The third kappa shape index (κ3) is 3.86. The Bertz CT molecular complexity index is 676. The summed E-state index contributed by atoms with van der Waals surface area (Å²) in [4.78, 5) is 8.69. The normalized spacial score (nSPS) is 22.5. The number of anilines is 1. The van der Waals surface area contributed by atoms with E-state index in [2.05, 4.69) is 41.2 Å². The van der Waals surface area contributed by atoms with Gasteiger partial charge in [-0.3, -0.25) is 0 Å². The quantitative estimate of drug-likeness (QED) is 0.866. The fraction of sp³-hybridized carbons (Fsp3) is 0.722. The van der Waals surface area contributed by atoms with Crippen LogP contribution in [0.5, 0.6) is 0 Å². The first-order chi connectivity index (χ1) is 11.5. The molecule has 0 radical (unpaired) electrons. The molecular weight excluding hydrogens is 302 g/mol. The molecule has 0 aromatic carbocycles. The molecule has 2 aromatic rings. The lowest BCUT2D eigenvalue weighted by Gasteiger charge is -2.29. The molecule has 6 heteroatoms. The van der Waals surface area contributed by atoms with Crippen molar-refractivity contribution in [2.45, 2.75) is 65.5 Å². The number of hydrogen-bond donors (Lipinski definition) is 1. The molecule has 132 valence electrons. The molecule has 1 aliphatic carbocycles. The predicted octanol–water partition coefficient (Wildman–Crippen LogP) is 3.68. The fourth-order valence-corrected chi connectivity index (χ4v) is 3.71. The van der Waals surface area contributed by atoms with E-state index in [1.54, 1.807) is 18.0 Å². The van der Waals surface area contributed by atoms with E-state index in [0.717, 1.165) is 17.4 Å². The van der Waals surface area contributed by atoms with Gasteiger partial charge in [-0.25, -0.2) is 4.98 Å². The molecule has 0 spiro atoms. The summed E-state index contributed by atoms with van der Waals surface area (Å²) >= 11 is 0. The highest BCUT2D eigenvalue weighted by atomic mass is 16.5. The average Bonchev–Trinajstić information content (AvgIpc) is 2.85. The molecule has 24 heavy (non-hydrogen) atoms. The van der Waals surface area contributed by atoms with E-state index in [1.807, 2.05) is 6.07 Å². The first-order valence-corrected chi connectivity index (χ1v) is 8.92. The van der Waals surface area contributed by atoms with Crippen molar-refractivity contribution in [1.82, 2.24) is 19.6 Å². The number of fused-ring (bicyclic) bond motifs is 1. The van der Waals surface area contributed by atoms with Gasteiger partial charge in [0.25, 0.3) is 5.78 Å². The van der Waals surface area contributed by atoms with Gasteiger partial charge in [-0.2, -0.15) is 14.6 Å². The number of nitrogens with zero attached hydrogens (tertiary/aromatic N) is 4. The molecule has 0 saturated heterocycles. The molecule has 6 nitrogen and oxygen atoms in total. The molecule has 2 aromatic heterocycles. The van der Waals surface area contributed by atoms with Crippen molar-refractivity contribution in [3.63, 3.8) is 0 Å². The number of hydrogen-bond acceptors (Lipinski definition) is 5. The van der Waals surface area contributed by atoms with Crippen molar-refractivity contribution in [1.29, 1.82) is 0 Å². The SMILES string of the molecule is COCc1cc(NC2CCCC(C(C)(C)C)CC2)n2ncnc2n1. The molecule has 1 saturated carbocycles. The van der Waals surface area contributed by atoms with Crippen LogP contribution < -0.4 is 5.32 Å². The molecular formula is C18H29N5O. The number of rotatable bonds is 4. The smallest absolute Gasteiger partial charge is 0.254 e. The van der Waals surface area contributed by atoms with E-state index < -0.39 is 0 Å². The summed E-state index contributed by atoms with van der Waals surface area (Å²) in [5, 5.41) is 7.99. The lowest BCUT2D eigenvalue weighted by molar-refractivity contribution is 0.181. The molecule has 2 atom stereocenters. The Balaban J connectivity index is 1.76. The van der Waals surface area contributed by atoms with Crippen molar-refractivity contribution in [2.24, 2.45) is 11.3 Å². The summed E-state index contributed by atoms with van der Waals surface area (Å²) < 4.78 is 7.01. The Morgan fingerprint density at radius 1 is 1.25 bits per heavy atom. The van der Waals surface area contributed by atoms with Gasteiger partial charge < -0.3 is 10.1 Å². The lowest BCUT2D eigenvalue weighted by atomic mass is 9.76. The Kier molecular flexibility index (Phi) is 5.04. The molecule has 3 rings (SSSR count). The molecule has 2 unspecified atom stereocenters. The fourth-order valence-electron chi connectivity index (χ4n) is 3.71. The van der Waals surface area contributed by atoms with Crippen molar-refractivity contribution < 1.29 is 4.74 Å². The van der Waals surface area contributed by atoms with Crippen LogP contribution in [0.4, 0.5) is 5.82 Å². The molecule has 0 aliphatic heterocycles. The summed E-state index contributed by atoms with van der Waals surface area (Å²) in [6.45, 7) is 7.58. The van der Waals surface area contributed by atoms with Crippen molar-refractivity contribution in [3.8, 4) is 0 Å². The van der Waals surface area contributed by atoms with Gasteiger partial charge >= 0.3 is 0 Å². The van der Waals surface area contributed by atoms with Crippen molar-refractivity contribution in [2.75, 3.05) is 12.4 Å². The Morgan fingerprint density at radius 3 is 2.83 bits per heavy atom.